The average Bonchev–Trinajstić information content (AvgIpc) is 3.03. The summed E-state index contributed by atoms with van der Waals surface area (Å²) in [6.45, 7) is 8.13. The summed E-state index contributed by atoms with van der Waals surface area (Å²) >= 11 is 0. The Balaban J connectivity index is 1.79. The van der Waals surface area contributed by atoms with Gasteiger partial charge in [0.1, 0.15) is 12.4 Å². The first-order valence-corrected chi connectivity index (χ1v) is 7.83. The number of morpholine rings is 1. The van der Waals surface area contributed by atoms with Gasteiger partial charge in [-0.1, -0.05) is 0 Å². The maximum Gasteiger partial charge on any atom is 0.255 e. The molecule has 0 unspecified atom stereocenters. The number of pyridine rings is 1. The van der Waals surface area contributed by atoms with Crippen LogP contribution in [0.3, 0.4) is 0 Å². The van der Waals surface area contributed by atoms with Crippen molar-refractivity contribution < 1.29 is 9.53 Å². The third-order valence-electron chi connectivity index (χ3n) is 4.08. The van der Waals surface area contributed by atoms with Crippen LogP contribution in [0.5, 0.6) is 0 Å². The lowest BCUT2D eigenvalue weighted by Gasteiger charge is -2.32. The fraction of sp³-hybridized carbons (Fsp3) is 0.500. The summed E-state index contributed by atoms with van der Waals surface area (Å²) < 4.78 is 7.74. The molecule has 0 bridgehead atoms. The first-order chi connectivity index (χ1) is 11.1. The summed E-state index contributed by atoms with van der Waals surface area (Å²) in [5.41, 5.74) is 2.32. The zero-order valence-corrected chi connectivity index (χ0v) is 13.7. The molecule has 1 atom stereocenters. The normalized spacial score (nSPS) is 18.2. The maximum absolute atomic E-state index is 12.8. The highest BCUT2D eigenvalue weighted by Gasteiger charge is 2.29. The fourth-order valence-electron chi connectivity index (χ4n) is 2.83. The van der Waals surface area contributed by atoms with Crippen LogP contribution in [0.4, 0.5) is 0 Å². The summed E-state index contributed by atoms with van der Waals surface area (Å²) in [4.78, 5) is 19.0. The van der Waals surface area contributed by atoms with Gasteiger partial charge in [0.05, 0.1) is 24.4 Å². The van der Waals surface area contributed by atoms with Gasteiger partial charge < -0.3 is 14.2 Å². The molecule has 1 aliphatic rings. The zero-order valence-electron chi connectivity index (χ0n) is 13.7. The number of rotatable bonds is 3. The summed E-state index contributed by atoms with van der Waals surface area (Å²) in [7, 11) is 0. The van der Waals surface area contributed by atoms with Gasteiger partial charge in [-0.3, -0.25) is 9.78 Å². The molecule has 122 valence electrons. The SMILES string of the molecule is CCn1cnnc1[C@H]1CN(C(=O)c2ccc(C)nc2C)CCO1. The largest absolute Gasteiger partial charge is 0.366 e. The number of hydrogen-bond acceptors (Lipinski definition) is 5. The van der Waals surface area contributed by atoms with Crippen LogP contribution in [0.1, 0.15) is 40.6 Å². The van der Waals surface area contributed by atoms with E-state index in [0.717, 1.165) is 23.8 Å². The molecule has 0 N–H and O–H groups in total. The van der Waals surface area contributed by atoms with Crippen molar-refractivity contribution in [3.8, 4) is 0 Å². The van der Waals surface area contributed by atoms with Crippen molar-refractivity contribution in [2.45, 2.75) is 33.4 Å². The van der Waals surface area contributed by atoms with Crippen LogP contribution >= 0.6 is 0 Å². The van der Waals surface area contributed by atoms with Gasteiger partial charge in [0.15, 0.2) is 5.82 Å². The summed E-state index contributed by atoms with van der Waals surface area (Å²) in [5, 5.41) is 8.08. The highest BCUT2D eigenvalue weighted by molar-refractivity contribution is 5.95. The number of hydrogen-bond donors (Lipinski definition) is 0. The summed E-state index contributed by atoms with van der Waals surface area (Å²) in [6, 6.07) is 3.71. The molecular formula is C16H21N5O2. The lowest BCUT2D eigenvalue weighted by atomic mass is 10.1. The van der Waals surface area contributed by atoms with Gasteiger partial charge in [-0.05, 0) is 32.9 Å². The monoisotopic (exact) mass is 315 g/mol. The number of aromatic nitrogens is 4. The smallest absolute Gasteiger partial charge is 0.255 e. The fourth-order valence-corrected chi connectivity index (χ4v) is 2.83. The average molecular weight is 315 g/mol. The van der Waals surface area contributed by atoms with Gasteiger partial charge in [-0.2, -0.15) is 0 Å². The first kappa shape index (κ1) is 15.6. The van der Waals surface area contributed by atoms with Crippen molar-refractivity contribution in [3.05, 3.63) is 41.2 Å². The minimum absolute atomic E-state index is 0.00846. The van der Waals surface area contributed by atoms with E-state index in [0.29, 0.717) is 25.3 Å². The molecule has 0 spiro atoms. The minimum Gasteiger partial charge on any atom is -0.366 e. The molecular weight excluding hydrogens is 294 g/mol. The highest BCUT2D eigenvalue weighted by Crippen LogP contribution is 2.22. The zero-order chi connectivity index (χ0) is 16.4. The molecule has 3 rings (SSSR count). The van der Waals surface area contributed by atoms with E-state index in [-0.39, 0.29) is 12.0 Å². The molecule has 2 aromatic heterocycles. The van der Waals surface area contributed by atoms with E-state index in [1.807, 2.05) is 42.4 Å². The van der Waals surface area contributed by atoms with E-state index in [9.17, 15) is 4.79 Å². The molecule has 1 saturated heterocycles. The summed E-state index contributed by atoms with van der Waals surface area (Å²) in [6.07, 6.45) is 1.45. The standard InChI is InChI=1S/C16H21N5O2/c1-4-20-10-17-19-15(20)14-9-21(7-8-23-14)16(22)13-6-5-11(2)18-12(13)3/h5-6,10,14H,4,7-9H2,1-3H3/t14-/m1/s1. The molecule has 23 heavy (non-hydrogen) atoms. The first-order valence-electron chi connectivity index (χ1n) is 7.83. The number of carbonyl (C=O) groups is 1. The highest BCUT2D eigenvalue weighted by atomic mass is 16.5. The van der Waals surface area contributed by atoms with Crippen molar-refractivity contribution in [2.24, 2.45) is 0 Å². The number of amides is 1. The van der Waals surface area contributed by atoms with Crippen molar-refractivity contribution in [1.29, 1.82) is 0 Å². The quantitative estimate of drug-likeness (QED) is 0.858. The van der Waals surface area contributed by atoms with Crippen LogP contribution in [0, 0.1) is 13.8 Å². The molecule has 1 aliphatic heterocycles. The Labute approximate surface area is 135 Å². The van der Waals surface area contributed by atoms with Crippen molar-refractivity contribution in [3.63, 3.8) is 0 Å². The second kappa shape index (κ2) is 6.45. The predicted octanol–water partition coefficient (Wildman–Crippen LogP) is 1.52. The van der Waals surface area contributed by atoms with Gasteiger partial charge in [0, 0.05) is 18.8 Å². The number of carbonyl (C=O) groups excluding carboxylic acids is 1. The molecule has 7 nitrogen and oxygen atoms in total. The summed E-state index contributed by atoms with van der Waals surface area (Å²) in [5.74, 6) is 0.759. The van der Waals surface area contributed by atoms with E-state index < -0.39 is 0 Å². The second-order valence-electron chi connectivity index (χ2n) is 5.67. The van der Waals surface area contributed by atoms with Gasteiger partial charge in [-0.15, -0.1) is 10.2 Å². The van der Waals surface area contributed by atoms with E-state index in [1.165, 1.54) is 0 Å². The van der Waals surface area contributed by atoms with Crippen LogP contribution in [0.25, 0.3) is 0 Å². The van der Waals surface area contributed by atoms with Gasteiger partial charge in [0.25, 0.3) is 5.91 Å². The van der Waals surface area contributed by atoms with Crippen molar-refractivity contribution in [2.75, 3.05) is 19.7 Å². The number of ether oxygens (including phenoxy) is 1. The Morgan fingerprint density at radius 1 is 1.39 bits per heavy atom. The Bertz CT molecular complexity index is 712. The molecule has 0 aromatic carbocycles. The van der Waals surface area contributed by atoms with Crippen LogP contribution in [0.2, 0.25) is 0 Å². The Kier molecular flexibility index (Phi) is 4.38. The van der Waals surface area contributed by atoms with E-state index >= 15 is 0 Å². The van der Waals surface area contributed by atoms with Gasteiger partial charge >= 0.3 is 0 Å². The third kappa shape index (κ3) is 3.10. The Morgan fingerprint density at radius 2 is 2.22 bits per heavy atom. The topological polar surface area (TPSA) is 73.1 Å². The third-order valence-corrected chi connectivity index (χ3v) is 4.08. The van der Waals surface area contributed by atoms with E-state index in [2.05, 4.69) is 15.2 Å². The predicted molar refractivity (Wildman–Crippen MR) is 84.0 cm³/mol. The van der Waals surface area contributed by atoms with Gasteiger partial charge in [0.2, 0.25) is 0 Å². The van der Waals surface area contributed by atoms with E-state index in [1.54, 1.807) is 6.33 Å². The molecule has 2 aromatic rings. The lowest BCUT2D eigenvalue weighted by molar-refractivity contribution is -0.0284. The van der Waals surface area contributed by atoms with E-state index in [4.69, 9.17) is 4.74 Å². The Morgan fingerprint density at radius 3 is 2.96 bits per heavy atom. The van der Waals surface area contributed by atoms with Crippen LogP contribution in [-0.4, -0.2) is 50.3 Å². The molecule has 1 fully saturated rings. The van der Waals surface area contributed by atoms with Crippen LogP contribution < -0.4 is 0 Å². The molecule has 3 heterocycles. The molecule has 7 heteroatoms. The number of aryl methyl sites for hydroxylation is 3. The Hall–Kier alpha value is -2.28. The van der Waals surface area contributed by atoms with Gasteiger partial charge in [-0.25, -0.2) is 0 Å². The van der Waals surface area contributed by atoms with Crippen molar-refractivity contribution >= 4 is 5.91 Å². The minimum atomic E-state index is -0.242. The van der Waals surface area contributed by atoms with Crippen LogP contribution in [-0.2, 0) is 11.3 Å². The molecule has 0 radical (unpaired) electrons. The van der Waals surface area contributed by atoms with Crippen molar-refractivity contribution in [1.82, 2.24) is 24.6 Å². The molecule has 0 saturated carbocycles. The maximum atomic E-state index is 12.8. The number of nitrogens with zero attached hydrogens (tertiary/aromatic N) is 5. The van der Waals surface area contributed by atoms with Crippen LogP contribution in [0.15, 0.2) is 18.5 Å². The molecule has 1 amide bonds. The lowest BCUT2D eigenvalue weighted by Crippen LogP contribution is -2.43. The molecule has 0 aliphatic carbocycles. The second-order valence-corrected chi connectivity index (χ2v) is 5.67.